The van der Waals surface area contributed by atoms with Crippen LogP contribution in [0.1, 0.15) is 22.3 Å². The Labute approximate surface area is 175 Å². The molecule has 3 heteroatoms. The minimum absolute atomic E-state index is 0.279. The Morgan fingerprint density at radius 2 is 0.967 bits per heavy atom. The molecule has 3 N–H and O–H groups in total. The molecule has 0 saturated carbocycles. The second-order valence-corrected chi connectivity index (χ2v) is 8.04. The number of nitrogens with one attached hydrogen (secondary N) is 3. The molecule has 0 spiro atoms. The van der Waals surface area contributed by atoms with Gasteiger partial charge < -0.3 is 10.6 Å². The van der Waals surface area contributed by atoms with Gasteiger partial charge in [0.05, 0.1) is 0 Å². The highest BCUT2D eigenvalue weighted by Crippen LogP contribution is 2.38. The molecule has 0 bridgehead atoms. The molecule has 0 fully saturated rings. The fourth-order valence-corrected chi connectivity index (χ4v) is 4.77. The monoisotopic (exact) mass is 387 g/mol. The van der Waals surface area contributed by atoms with Crippen LogP contribution in [-0.4, -0.2) is 5.96 Å². The van der Waals surface area contributed by atoms with E-state index in [9.17, 15) is 0 Å². The van der Waals surface area contributed by atoms with Crippen LogP contribution in [0.3, 0.4) is 0 Å². The molecular weight excluding hydrogens is 366 g/mol. The van der Waals surface area contributed by atoms with E-state index in [1.54, 1.807) is 0 Å². The molecule has 144 valence electrons. The zero-order chi connectivity index (χ0) is 20.1. The molecule has 4 aromatic rings. The average molecular weight is 387 g/mol. The Morgan fingerprint density at radius 1 is 0.533 bits per heavy atom. The third-order valence-electron chi connectivity index (χ3n) is 6.13. The van der Waals surface area contributed by atoms with Crippen LogP contribution in [0.25, 0.3) is 22.3 Å². The van der Waals surface area contributed by atoms with Crippen molar-refractivity contribution in [2.24, 2.45) is 0 Å². The van der Waals surface area contributed by atoms with Gasteiger partial charge in [0.2, 0.25) is 0 Å². The van der Waals surface area contributed by atoms with E-state index in [1.165, 1.54) is 44.5 Å². The van der Waals surface area contributed by atoms with Crippen LogP contribution in [0.2, 0.25) is 0 Å². The molecule has 0 heterocycles. The van der Waals surface area contributed by atoms with E-state index in [-0.39, 0.29) is 5.96 Å². The Balaban J connectivity index is 1.18. The molecule has 0 atom stereocenters. The van der Waals surface area contributed by atoms with E-state index in [2.05, 4.69) is 95.6 Å². The molecular formula is C27H21N3. The lowest BCUT2D eigenvalue weighted by Gasteiger charge is -2.13. The van der Waals surface area contributed by atoms with Crippen molar-refractivity contribution in [2.75, 3.05) is 10.6 Å². The van der Waals surface area contributed by atoms with Gasteiger partial charge in [-0.1, -0.05) is 60.7 Å². The summed E-state index contributed by atoms with van der Waals surface area (Å²) < 4.78 is 0. The second kappa shape index (κ2) is 6.60. The number of benzene rings is 4. The van der Waals surface area contributed by atoms with Crippen LogP contribution >= 0.6 is 0 Å². The Hall–Kier alpha value is -3.85. The summed E-state index contributed by atoms with van der Waals surface area (Å²) in [5.41, 5.74) is 12.5. The predicted octanol–water partition coefficient (Wildman–Crippen LogP) is 6.29. The Morgan fingerprint density at radius 3 is 1.47 bits per heavy atom. The Bertz CT molecular complexity index is 1220. The highest BCUT2D eigenvalue weighted by atomic mass is 15.1. The maximum atomic E-state index is 8.39. The summed E-state index contributed by atoms with van der Waals surface area (Å²) in [5, 5.41) is 14.8. The van der Waals surface area contributed by atoms with Crippen LogP contribution in [-0.2, 0) is 12.8 Å². The molecule has 0 amide bonds. The van der Waals surface area contributed by atoms with Crippen molar-refractivity contribution in [3.8, 4) is 22.3 Å². The molecule has 0 unspecified atom stereocenters. The third-order valence-corrected chi connectivity index (χ3v) is 6.13. The SMILES string of the molecule is N=C(Nc1ccc2c(c1)Cc1ccccc1-2)Nc1ccc2c(c1)Cc1ccccc1-2. The van der Waals surface area contributed by atoms with Gasteiger partial charge in [0, 0.05) is 11.4 Å². The van der Waals surface area contributed by atoms with Gasteiger partial charge in [-0.2, -0.15) is 0 Å². The topological polar surface area (TPSA) is 47.9 Å². The molecule has 30 heavy (non-hydrogen) atoms. The predicted molar refractivity (Wildman–Crippen MR) is 124 cm³/mol. The van der Waals surface area contributed by atoms with Gasteiger partial charge in [0.25, 0.3) is 0 Å². The van der Waals surface area contributed by atoms with Crippen LogP contribution < -0.4 is 10.6 Å². The zero-order valence-electron chi connectivity index (χ0n) is 16.5. The minimum atomic E-state index is 0.279. The largest absolute Gasteiger partial charge is 0.326 e. The number of hydrogen-bond acceptors (Lipinski definition) is 1. The highest BCUT2D eigenvalue weighted by Gasteiger charge is 2.19. The number of hydrogen-bond donors (Lipinski definition) is 3. The lowest BCUT2D eigenvalue weighted by Crippen LogP contribution is -2.20. The molecule has 6 rings (SSSR count). The quantitative estimate of drug-likeness (QED) is 0.242. The summed E-state index contributed by atoms with van der Waals surface area (Å²) in [6, 6.07) is 29.9. The van der Waals surface area contributed by atoms with Gasteiger partial charge in [-0.3, -0.25) is 5.41 Å². The van der Waals surface area contributed by atoms with Gasteiger partial charge in [-0.25, -0.2) is 0 Å². The van der Waals surface area contributed by atoms with E-state index in [0.29, 0.717) is 0 Å². The second-order valence-electron chi connectivity index (χ2n) is 8.04. The maximum absolute atomic E-state index is 8.39. The van der Waals surface area contributed by atoms with Crippen molar-refractivity contribution >= 4 is 17.3 Å². The smallest absolute Gasteiger partial charge is 0.197 e. The fraction of sp³-hybridized carbons (Fsp3) is 0.0741. The van der Waals surface area contributed by atoms with Gasteiger partial charge in [0.15, 0.2) is 5.96 Å². The van der Waals surface area contributed by atoms with E-state index in [0.717, 1.165) is 24.2 Å². The Kier molecular flexibility index (Phi) is 3.75. The first kappa shape index (κ1) is 17.0. The minimum Gasteiger partial charge on any atom is -0.326 e. The van der Waals surface area contributed by atoms with Gasteiger partial charge in [0.1, 0.15) is 0 Å². The fourth-order valence-electron chi connectivity index (χ4n) is 4.77. The first-order chi connectivity index (χ1) is 14.7. The third kappa shape index (κ3) is 2.79. The molecule has 0 saturated heterocycles. The molecule has 0 radical (unpaired) electrons. The lowest BCUT2D eigenvalue weighted by molar-refractivity contribution is 1.26. The summed E-state index contributed by atoms with van der Waals surface area (Å²) >= 11 is 0. The molecule has 2 aliphatic carbocycles. The van der Waals surface area contributed by atoms with E-state index < -0.39 is 0 Å². The van der Waals surface area contributed by atoms with Crippen molar-refractivity contribution in [2.45, 2.75) is 12.8 Å². The van der Waals surface area contributed by atoms with Gasteiger partial charge >= 0.3 is 0 Å². The maximum Gasteiger partial charge on any atom is 0.197 e. The summed E-state index contributed by atoms with van der Waals surface area (Å²) in [6.07, 6.45) is 1.90. The summed E-state index contributed by atoms with van der Waals surface area (Å²) in [5.74, 6) is 0.279. The van der Waals surface area contributed by atoms with Crippen LogP contribution in [0.4, 0.5) is 11.4 Å². The van der Waals surface area contributed by atoms with Crippen molar-refractivity contribution < 1.29 is 0 Å². The molecule has 3 nitrogen and oxygen atoms in total. The molecule has 4 aromatic carbocycles. The normalized spacial score (nSPS) is 12.5. The average Bonchev–Trinajstić information content (AvgIpc) is 3.30. The first-order valence-electron chi connectivity index (χ1n) is 10.3. The van der Waals surface area contributed by atoms with E-state index in [1.807, 2.05) is 0 Å². The molecule has 0 aliphatic heterocycles. The standard InChI is InChI=1S/C27H21N3/c28-27(29-21-9-11-25-19(15-21)13-17-5-1-3-7-23(17)25)30-22-10-12-26-20(16-22)14-18-6-2-4-8-24(18)26/h1-12,15-16H,13-14H2,(H3,28,29,30). The number of fused-ring (bicyclic) bond motifs is 6. The number of rotatable bonds is 2. The zero-order valence-corrected chi connectivity index (χ0v) is 16.5. The molecule has 0 aromatic heterocycles. The number of anilines is 2. The summed E-state index contributed by atoms with van der Waals surface area (Å²) in [7, 11) is 0. The van der Waals surface area contributed by atoms with Crippen LogP contribution in [0, 0.1) is 5.41 Å². The van der Waals surface area contributed by atoms with Crippen LogP contribution in [0.5, 0.6) is 0 Å². The van der Waals surface area contributed by atoms with Crippen molar-refractivity contribution in [1.82, 2.24) is 0 Å². The summed E-state index contributed by atoms with van der Waals surface area (Å²) in [6.45, 7) is 0. The lowest BCUT2D eigenvalue weighted by atomic mass is 10.1. The highest BCUT2D eigenvalue weighted by molar-refractivity contribution is 6.02. The van der Waals surface area contributed by atoms with Crippen molar-refractivity contribution in [3.63, 3.8) is 0 Å². The van der Waals surface area contributed by atoms with E-state index in [4.69, 9.17) is 5.41 Å². The van der Waals surface area contributed by atoms with Gasteiger partial charge in [-0.15, -0.1) is 0 Å². The van der Waals surface area contributed by atoms with Crippen molar-refractivity contribution in [3.05, 3.63) is 107 Å². The van der Waals surface area contributed by atoms with Crippen LogP contribution in [0.15, 0.2) is 84.9 Å². The van der Waals surface area contributed by atoms with E-state index >= 15 is 0 Å². The number of guanidine groups is 1. The van der Waals surface area contributed by atoms with Gasteiger partial charge in [-0.05, 0) is 81.6 Å². The van der Waals surface area contributed by atoms with Crippen molar-refractivity contribution in [1.29, 1.82) is 5.41 Å². The summed E-state index contributed by atoms with van der Waals surface area (Å²) in [4.78, 5) is 0. The molecule has 2 aliphatic rings. The first-order valence-corrected chi connectivity index (χ1v) is 10.3.